The van der Waals surface area contributed by atoms with Gasteiger partial charge in [-0.2, -0.15) is 5.10 Å². The number of hydrogen-bond acceptors (Lipinski definition) is 6. The standard InChI is InChI=1S/C20H22N6O/c1-25-20(27)11-17(13-22-25)26-10-9-15(14-26)12-21-19-8-7-18(23-24-19)16-5-3-2-4-6-16/h2-8,11,13,15H,9-10,12,14H2,1H3,(H,21,24)/t15-/m0/s1. The normalized spacial score (nSPS) is 16.5. The summed E-state index contributed by atoms with van der Waals surface area (Å²) in [6, 6.07) is 15.6. The molecule has 4 rings (SSSR count). The van der Waals surface area contributed by atoms with E-state index >= 15 is 0 Å². The van der Waals surface area contributed by atoms with Crippen LogP contribution in [-0.4, -0.2) is 39.6 Å². The van der Waals surface area contributed by atoms with Gasteiger partial charge >= 0.3 is 0 Å². The highest BCUT2D eigenvalue weighted by Gasteiger charge is 2.23. The van der Waals surface area contributed by atoms with Crippen molar-refractivity contribution in [2.75, 3.05) is 29.9 Å². The molecule has 1 saturated heterocycles. The second-order valence-electron chi connectivity index (χ2n) is 6.83. The van der Waals surface area contributed by atoms with E-state index < -0.39 is 0 Å². The van der Waals surface area contributed by atoms with Crippen molar-refractivity contribution < 1.29 is 0 Å². The van der Waals surface area contributed by atoms with Crippen molar-refractivity contribution in [3.63, 3.8) is 0 Å². The Balaban J connectivity index is 1.33. The maximum atomic E-state index is 11.8. The topological polar surface area (TPSA) is 75.9 Å². The van der Waals surface area contributed by atoms with E-state index in [1.807, 2.05) is 42.5 Å². The first-order valence-electron chi connectivity index (χ1n) is 9.10. The Morgan fingerprint density at radius 2 is 2.00 bits per heavy atom. The first-order valence-corrected chi connectivity index (χ1v) is 9.10. The fourth-order valence-corrected chi connectivity index (χ4v) is 3.30. The van der Waals surface area contributed by atoms with Crippen LogP contribution in [0.2, 0.25) is 0 Å². The number of anilines is 2. The molecule has 1 aliphatic rings. The SMILES string of the molecule is Cn1ncc(N2CC[C@@H](CNc3ccc(-c4ccccc4)nn3)C2)cc1=O. The van der Waals surface area contributed by atoms with E-state index in [2.05, 4.69) is 25.5 Å². The van der Waals surface area contributed by atoms with Crippen LogP contribution in [-0.2, 0) is 7.05 Å². The van der Waals surface area contributed by atoms with Gasteiger partial charge in [0.05, 0.1) is 17.6 Å². The van der Waals surface area contributed by atoms with Crippen LogP contribution < -0.4 is 15.8 Å². The fraction of sp³-hybridized carbons (Fsp3) is 0.300. The predicted octanol–water partition coefficient (Wildman–Crippen LogP) is 2.18. The Hall–Kier alpha value is -3.22. The van der Waals surface area contributed by atoms with Crippen LogP contribution in [0.15, 0.2) is 59.5 Å². The van der Waals surface area contributed by atoms with Gasteiger partial charge in [0, 0.05) is 38.3 Å². The molecule has 0 unspecified atom stereocenters. The molecule has 3 aromatic rings. The minimum atomic E-state index is -0.0807. The lowest BCUT2D eigenvalue weighted by molar-refractivity contribution is 0.620. The van der Waals surface area contributed by atoms with Crippen molar-refractivity contribution in [3.05, 3.63) is 65.1 Å². The van der Waals surface area contributed by atoms with Crippen LogP contribution in [0.25, 0.3) is 11.3 Å². The Kier molecular flexibility index (Phi) is 4.82. The number of benzene rings is 1. The van der Waals surface area contributed by atoms with Crippen LogP contribution in [0.5, 0.6) is 0 Å². The zero-order valence-electron chi connectivity index (χ0n) is 15.2. The zero-order chi connectivity index (χ0) is 18.6. The van der Waals surface area contributed by atoms with Crippen LogP contribution >= 0.6 is 0 Å². The minimum absolute atomic E-state index is 0.0807. The molecule has 0 aliphatic carbocycles. The lowest BCUT2D eigenvalue weighted by atomic mass is 10.1. The monoisotopic (exact) mass is 362 g/mol. The average Bonchev–Trinajstić information content (AvgIpc) is 3.19. The van der Waals surface area contributed by atoms with Gasteiger partial charge in [0.1, 0.15) is 5.82 Å². The minimum Gasteiger partial charge on any atom is -0.370 e. The molecule has 1 atom stereocenters. The number of hydrogen-bond donors (Lipinski definition) is 1. The summed E-state index contributed by atoms with van der Waals surface area (Å²) in [5.41, 5.74) is 2.74. The smallest absolute Gasteiger partial charge is 0.268 e. The third-order valence-electron chi connectivity index (χ3n) is 4.91. The van der Waals surface area contributed by atoms with Crippen molar-refractivity contribution in [1.82, 2.24) is 20.0 Å². The molecule has 3 heterocycles. The van der Waals surface area contributed by atoms with E-state index in [9.17, 15) is 4.79 Å². The summed E-state index contributed by atoms with van der Waals surface area (Å²) in [4.78, 5) is 14.0. The second-order valence-corrected chi connectivity index (χ2v) is 6.83. The van der Waals surface area contributed by atoms with E-state index in [1.54, 1.807) is 19.3 Å². The van der Waals surface area contributed by atoms with E-state index in [0.717, 1.165) is 48.8 Å². The molecule has 0 bridgehead atoms. The summed E-state index contributed by atoms with van der Waals surface area (Å²) < 4.78 is 1.34. The van der Waals surface area contributed by atoms with Crippen LogP contribution in [0, 0.1) is 5.92 Å². The highest BCUT2D eigenvalue weighted by molar-refractivity contribution is 5.59. The largest absolute Gasteiger partial charge is 0.370 e. The van der Waals surface area contributed by atoms with Gasteiger partial charge in [0.15, 0.2) is 0 Å². The molecular formula is C20H22N6O. The van der Waals surface area contributed by atoms with Gasteiger partial charge in [-0.1, -0.05) is 30.3 Å². The van der Waals surface area contributed by atoms with Crippen LogP contribution in [0.3, 0.4) is 0 Å². The summed E-state index contributed by atoms with van der Waals surface area (Å²) in [5.74, 6) is 1.27. The highest BCUT2D eigenvalue weighted by Crippen LogP contribution is 2.22. The third-order valence-corrected chi connectivity index (χ3v) is 4.91. The number of nitrogens with zero attached hydrogens (tertiary/aromatic N) is 5. The van der Waals surface area contributed by atoms with Crippen LogP contribution in [0.4, 0.5) is 11.5 Å². The summed E-state index contributed by atoms with van der Waals surface area (Å²) in [7, 11) is 1.66. The lowest BCUT2D eigenvalue weighted by Gasteiger charge is -2.18. The molecule has 138 valence electrons. The maximum Gasteiger partial charge on any atom is 0.268 e. The summed E-state index contributed by atoms with van der Waals surface area (Å²) in [6.07, 6.45) is 2.82. The van der Waals surface area contributed by atoms with E-state index in [1.165, 1.54) is 4.68 Å². The van der Waals surface area contributed by atoms with Gasteiger partial charge in [-0.15, -0.1) is 10.2 Å². The molecule has 1 aromatic carbocycles. The predicted molar refractivity (Wildman–Crippen MR) is 106 cm³/mol. The molecule has 7 nitrogen and oxygen atoms in total. The Morgan fingerprint density at radius 3 is 2.74 bits per heavy atom. The van der Waals surface area contributed by atoms with Gasteiger partial charge in [-0.3, -0.25) is 4.79 Å². The molecule has 1 fully saturated rings. The number of rotatable bonds is 5. The van der Waals surface area contributed by atoms with Crippen molar-refractivity contribution in [1.29, 1.82) is 0 Å². The second kappa shape index (κ2) is 7.57. The van der Waals surface area contributed by atoms with Crippen LogP contribution in [0.1, 0.15) is 6.42 Å². The average molecular weight is 362 g/mol. The van der Waals surface area contributed by atoms with E-state index in [4.69, 9.17) is 0 Å². The number of aromatic nitrogens is 4. The van der Waals surface area contributed by atoms with Crippen molar-refractivity contribution in [2.45, 2.75) is 6.42 Å². The molecule has 2 aromatic heterocycles. The molecule has 27 heavy (non-hydrogen) atoms. The Labute approximate surface area is 157 Å². The zero-order valence-corrected chi connectivity index (χ0v) is 15.2. The molecule has 0 spiro atoms. The maximum absolute atomic E-state index is 11.8. The van der Waals surface area contributed by atoms with Gasteiger partial charge in [-0.25, -0.2) is 4.68 Å². The molecule has 1 N–H and O–H groups in total. The molecule has 0 amide bonds. The quantitative estimate of drug-likeness (QED) is 0.750. The van der Waals surface area contributed by atoms with Crippen molar-refractivity contribution >= 4 is 11.5 Å². The molecule has 0 saturated carbocycles. The molecule has 7 heteroatoms. The summed E-state index contributed by atoms with van der Waals surface area (Å²) in [6.45, 7) is 2.66. The summed E-state index contributed by atoms with van der Waals surface area (Å²) in [5, 5.41) is 16.1. The molecular weight excluding hydrogens is 340 g/mol. The van der Waals surface area contributed by atoms with E-state index in [-0.39, 0.29) is 5.56 Å². The Morgan fingerprint density at radius 1 is 1.15 bits per heavy atom. The number of aryl methyl sites for hydroxylation is 1. The Bertz CT molecular complexity index is 954. The third kappa shape index (κ3) is 3.97. The highest BCUT2D eigenvalue weighted by atomic mass is 16.1. The van der Waals surface area contributed by atoms with Crippen molar-refractivity contribution in [2.24, 2.45) is 13.0 Å². The summed E-state index contributed by atoms with van der Waals surface area (Å²) >= 11 is 0. The van der Waals surface area contributed by atoms with Gasteiger partial charge in [0.2, 0.25) is 0 Å². The van der Waals surface area contributed by atoms with Crippen molar-refractivity contribution in [3.8, 4) is 11.3 Å². The van der Waals surface area contributed by atoms with Gasteiger partial charge in [0.25, 0.3) is 5.56 Å². The van der Waals surface area contributed by atoms with Gasteiger partial charge < -0.3 is 10.2 Å². The number of nitrogens with one attached hydrogen (secondary N) is 1. The lowest BCUT2D eigenvalue weighted by Crippen LogP contribution is -2.26. The first kappa shape index (κ1) is 17.2. The fourth-order valence-electron chi connectivity index (χ4n) is 3.30. The molecule has 0 radical (unpaired) electrons. The molecule has 1 aliphatic heterocycles. The van der Waals surface area contributed by atoms with Gasteiger partial charge in [-0.05, 0) is 24.5 Å². The van der Waals surface area contributed by atoms with E-state index in [0.29, 0.717) is 5.92 Å². The first-order chi connectivity index (χ1) is 13.2.